The minimum atomic E-state index is -0.527. The van der Waals surface area contributed by atoms with Gasteiger partial charge in [-0.1, -0.05) is 23.8 Å². The topological polar surface area (TPSA) is 105 Å². The molecule has 0 saturated carbocycles. The Bertz CT molecular complexity index is 888. The van der Waals surface area contributed by atoms with E-state index >= 15 is 0 Å². The molecule has 0 saturated heterocycles. The molecule has 0 fully saturated rings. The SMILES string of the molecule is Cc1cc(C)c(NC(=O)CN(C)CC(=O)Nc2cccc([N+](=O)[O-])c2)c(C)c1. The second-order valence-corrected chi connectivity index (χ2v) is 6.85. The zero-order chi connectivity index (χ0) is 20.8. The molecule has 0 unspecified atom stereocenters. The van der Waals surface area contributed by atoms with Crippen LogP contribution in [0.1, 0.15) is 16.7 Å². The third-order valence-corrected chi connectivity index (χ3v) is 4.11. The molecule has 0 bridgehead atoms. The summed E-state index contributed by atoms with van der Waals surface area (Å²) < 4.78 is 0. The van der Waals surface area contributed by atoms with Gasteiger partial charge in [-0.3, -0.25) is 24.6 Å². The van der Waals surface area contributed by atoms with Crippen molar-refractivity contribution in [2.24, 2.45) is 0 Å². The highest BCUT2D eigenvalue weighted by Crippen LogP contribution is 2.22. The fourth-order valence-corrected chi connectivity index (χ4v) is 3.00. The smallest absolute Gasteiger partial charge is 0.271 e. The number of nitro groups is 1. The molecule has 8 nitrogen and oxygen atoms in total. The number of carbonyl (C=O) groups excluding carboxylic acids is 2. The molecule has 0 radical (unpaired) electrons. The van der Waals surface area contributed by atoms with Crippen molar-refractivity contribution in [3.8, 4) is 0 Å². The van der Waals surface area contributed by atoms with Crippen molar-refractivity contribution >= 4 is 28.9 Å². The number of aryl methyl sites for hydroxylation is 3. The van der Waals surface area contributed by atoms with E-state index in [1.165, 1.54) is 18.2 Å². The van der Waals surface area contributed by atoms with E-state index in [9.17, 15) is 19.7 Å². The molecule has 0 atom stereocenters. The Morgan fingerprint density at radius 1 is 1.00 bits per heavy atom. The van der Waals surface area contributed by atoms with Crippen LogP contribution in [0.5, 0.6) is 0 Å². The summed E-state index contributed by atoms with van der Waals surface area (Å²) in [6.45, 7) is 5.88. The van der Waals surface area contributed by atoms with Crippen molar-refractivity contribution < 1.29 is 14.5 Å². The van der Waals surface area contributed by atoms with Crippen molar-refractivity contribution in [1.29, 1.82) is 0 Å². The lowest BCUT2D eigenvalue weighted by Gasteiger charge is -2.18. The van der Waals surface area contributed by atoms with Gasteiger partial charge in [0.05, 0.1) is 18.0 Å². The molecule has 28 heavy (non-hydrogen) atoms. The van der Waals surface area contributed by atoms with Crippen LogP contribution in [0.3, 0.4) is 0 Å². The summed E-state index contributed by atoms with van der Waals surface area (Å²) in [6.07, 6.45) is 0. The molecule has 0 aromatic heterocycles. The molecule has 2 N–H and O–H groups in total. The van der Waals surface area contributed by atoms with E-state index in [1.54, 1.807) is 18.0 Å². The maximum atomic E-state index is 12.3. The second-order valence-electron chi connectivity index (χ2n) is 6.85. The zero-order valence-corrected chi connectivity index (χ0v) is 16.4. The van der Waals surface area contributed by atoms with E-state index in [1.807, 2.05) is 32.9 Å². The van der Waals surface area contributed by atoms with Gasteiger partial charge in [-0.15, -0.1) is 0 Å². The minimum Gasteiger partial charge on any atom is -0.325 e. The number of carbonyl (C=O) groups is 2. The van der Waals surface area contributed by atoms with Crippen LogP contribution in [0.4, 0.5) is 17.1 Å². The second kappa shape index (κ2) is 9.09. The first-order chi connectivity index (χ1) is 13.2. The number of anilines is 2. The quantitative estimate of drug-likeness (QED) is 0.564. The highest BCUT2D eigenvalue weighted by atomic mass is 16.6. The van der Waals surface area contributed by atoms with Crippen molar-refractivity contribution in [1.82, 2.24) is 4.90 Å². The number of likely N-dealkylation sites (N-methyl/N-ethyl adjacent to an activating group) is 1. The molecule has 2 aromatic rings. The number of hydrogen-bond donors (Lipinski definition) is 2. The fraction of sp³-hybridized carbons (Fsp3) is 0.300. The molecule has 148 valence electrons. The van der Waals surface area contributed by atoms with Gasteiger partial charge in [0.25, 0.3) is 5.69 Å². The molecule has 0 aliphatic heterocycles. The lowest BCUT2D eigenvalue weighted by atomic mass is 10.1. The molecule has 2 aromatic carbocycles. The Balaban J connectivity index is 1.90. The Morgan fingerprint density at radius 3 is 2.14 bits per heavy atom. The number of rotatable bonds is 7. The van der Waals surface area contributed by atoms with Crippen LogP contribution in [-0.2, 0) is 9.59 Å². The molecule has 8 heteroatoms. The summed E-state index contributed by atoms with van der Waals surface area (Å²) in [5.41, 5.74) is 4.11. The lowest BCUT2D eigenvalue weighted by molar-refractivity contribution is -0.384. The molecular weight excluding hydrogens is 360 g/mol. The Labute approximate surface area is 163 Å². The average Bonchev–Trinajstić information content (AvgIpc) is 2.57. The zero-order valence-electron chi connectivity index (χ0n) is 16.4. The standard InChI is InChI=1S/C20H24N4O4/c1-13-8-14(2)20(15(3)9-13)22-19(26)12-23(4)11-18(25)21-16-6-5-7-17(10-16)24(27)28/h5-10H,11-12H2,1-4H3,(H,21,25)(H,22,26). The first-order valence-corrected chi connectivity index (χ1v) is 8.76. The fourth-order valence-electron chi connectivity index (χ4n) is 3.00. The molecule has 0 aliphatic rings. The van der Waals surface area contributed by atoms with Gasteiger partial charge in [0.2, 0.25) is 11.8 Å². The van der Waals surface area contributed by atoms with Gasteiger partial charge >= 0.3 is 0 Å². The van der Waals surface area contributed by atoms with E-state index < -0.39 is 4.92 Å². The normalized spacial score (nSPS) is 10.6. The minimum absolute atomic E-state index is 0.0258. The molecule has 2 rings (SSSR count). The molecule has 0 aliphatic carbocycles. The van der Waals surface area contributed by atoms with Gasteiger partial charge < -0.3 is 10.6 Å². The predicted molar refractivity (Wildman–Crippen MR) is 109 cm³/mol. The van der Waals surface area contributed by atoms with Crippen LogP contribution >= 0.6 is 0 Å². The summed E-state index contributed by atoms with van der Waals surface area (Å²) in [5.74, 6) is -0.584. The summed E-state index contributed by atoms with van der Waals surface area (Å²) in [4.78, 5) is 36.3. The third kappa shape index (κ3) is 5.88. The summed E-state index contributed by atoms with van der Waals surface area (Å²) in [7, 11) is 1.65. The van der Waals surface area contributed by atoms with Crippen LogP contribution < -0.4 is 10.6 Å². The number of nitrogens with one attached hydrogen (secondary N) is 2. The summed E-state index contributed by atoms with van der Waals surface area (Å²) in [5, 5.41) is 16.3. The number of hydrogen-bond acceptors (Lipinski definition) is 5. The largest absolute Gasteiger partial charge is 0.325 e. The molecule has 2 amide bonds. The van der Waals surface area contributed by atoms with Crippen LogP contribution in [-0.4, -0.2) is 41.8 Å². The monoisotopic (exact) mass is 384 g/mol. The number of nitrogens with zero attached hydrogens (tertiary/aromatic N) is 2. The van der Waals surface area contributed by atoms with Crippen molar-refractivity contribution in [2.45, 2.75) is 20.8 Å². The maximum absolute atomic E-state index is 12.3. The average molecular weight is 384 g/mol. The third-order valence-electron chi connectivity index (χ3n) is 4.11. The first kappa shape index (κ1) is 21.0. The van der Waals surface area contributed by atoms with Crippen LogP contribution in [0.2, 0.25) is 0 Å². The number of non-ortho nitro benzene ring substituents is 1. The van der Waals surface area contributed by atoms with Crippen molar-refractivity contribution in [2.75, 3.05) is 30.8 Å². The Morgan fingerprint density at radius 2 is 1.57 bits per heavy atom. The highest BCUT2D eigenvalue weighted by molar-refractivity contribution is 5.95. The van der Waals surface area contributed by atoms with Gasteiger partial charge in [0.1, 0.15) is 0 Å². The molecule has 0 spiro atoms. The van der Waals surface area contributed by atoms with Gasteiger partial charge in [0.15, 0.2) is 0 Å². The van der Waals surface area contributed by atoms with Crippen LogP contribution in [0, 0.1) is 30.9 Å². The maximum Gasteiger partial charge on any atom is 0.271 e. The van der Waals surface area contributed by atoms with Crippen molar-refractivity contribution in [3.05, 3.63) is 63.2 Å². The number of benzene rings is 2. The van der Waals surface area contributed by atoms with Gasteiger partial charge in [-0.05, 0) is 45.0 Å². The van der Waals surface area contributed by atoms with Gasteiger partial charge in [0, 0.05) is 23.5 Å². The molecular formula is C20H24N4O4. The highest BCUT2D eigenvalue weighted by Gasteiger charge is 2.14. The van der Waals surface area contributed by atoms with Crippen LogP contribution in [0.25, 0.3) is 0 Å². The van der Waals surface area contributed by atoms with E-state index in [0.29, 0.717) is 5.69 Å². The number of amides is 2. The van der Waals surface area contributed by atoms with E-state index in [2.05, 4.69) is 10.6 Å². The van der Waals surface area contributed by atoms with E-state index in [-0.39, 0.29) is 30.6 Å². The van der Waals surface area contributed by atoms with Crippen molar-refractivity contribution in [3.63, 3.8) is 0 Å². The van der Waals surface area contributed by atoms with Crippen LogP contribution in [0.15, 0.2) is 36.4 Å². The lowest BCUT2D eigenvalue weighted by Crippen LogP contribution is -2.36. The molecule has 0 heterocycles. The summed E-state index contributed by atoms with van der Waals surface area (Å²) in [6, 6.07) is 9.70. The van der Waals surface area contributed by atoms with Gasteiger partial charge in [-0.25, -0.2) is 0 Å². The van der Waals surface area contributed by atoms with E-state index in [4.69, 9.17) is 0 Å². The Hall–Kier alpha value is -3.26. The van der Waals surface area contributed by atoms with Gasteiger partial charge in [-0.2, -0.15) is 0 Å². The predicted octanol–water partition coefficient (Wildman–Crippen LogP) is 3.03. The van der Waals surface area contributed by atoms with E-state index in [0.717, 1.165) is 22.4 Å². The summed E-state index contributed by atoms with van der Waals surface area (Å²) >= 11 is 0. The first-order valence-electron chi connectivity index (χ1n) is 8.76. The number of nitro benzene ring substituents is 1. The Kier molecular flexibility index (Phi) is 6.84.